The predicted octanol–water partition coefficient (Wildman–Crippen LogP) is 3.37. The second-order valence-corrected chi connectivity index (χ2v) is 8.58. The molecule has 2 N–H and O–H groups in total. The molecule has 0 aromatic heterocycles. The van der Waals surface area contributed by atoms with Crippen molar-refractivity contribution >= 4 is 35.0 Å². The molecule has 2 aromatic carbocycles. The number of para-hydroxylation sites is 1. The summed E-state index contributed by atoms with van der Waals surface area (Å²) in [5, 5.41) is 6.42. The van der Waals surface area contributed by atoms with Gasteiger partial charge in [0.05, 0.1) is 5.92 Å². The van der Waals surface area contributed by atoms with Crippen molar-refractivity contribution < 1.29 is 14.0 Å². The second-order valence-electron chi connectivity index (χ2n) is 7.60. The van der Waals surface area contributed by atoms with Gasteiger partial charge in [-0.1, -0.05) is 18.2 Å². The molecule has 2 aliphatic rings. The van der Waals surface area contributed by atoms with Crippen LogP contribution in [0.25, 0.3) is 0 Å². The molecule has 0 saturated carbocycles. The number of carbonyl (C=O) groups excluding carboxylic acids is 2. The predicted molar refractivity (Wildman–Crippen MR) is 115 cm³/mol. The topological polar surface area (TPSA) is 61.4 Å². The maximum Gasteiger partial charge on any atom is 0.252 e. The van der Waals surface area contributed by atoms with Crippen molar-refractivity contribution in [1.82, 2.24) is 5.32 Å². The molecule has 29 heavy (non-hydrogen) atoms. The third-order valence-corrected chi connectivity index (χ3v) is 6.55. The Morgan fingerprint density at radius 1 is 1.28 bits per heavy atom. The van der Waals surface area contributed by atoms with E-state index in [1.165, 1.54) is 24.3 Å². The van der Waals surface area contributed by atoms with Gasteiger partial charge in [0.2, 0.25) is 5.91 Å². The molecule has 1 spiro atoms. The highest BCUT2D eigenvalue weighted by atomic mass is 32.2. The summed E-state index contributed by atoms with van der Waals surface area (Å²) in [6.45, 7) is 0. The Hall–Kier alpha value is -2.38. The third kappa shape index (κ3) is 3.32. The molecule has 2 aliphatic heterocycles. The van der Waals surface area contributed by atoms with Crippen LogP contribution in [0.15, 0.2) is 48.5 Å². The lowest BCUT2D eigenvalue weighted by atomic mass is 9.79. The van der Waals surface area contributed by atoms with Crippen LogP contribution in [0.2, 0.25) is 0 Å². The summed E-state index contributed by atoms with van der Waals surface area (Å²) in [5.41, 5.74) is 1.12. The molecule has 0 bridgehead atoms. The molecule has 0 aliphatic carbocycles. The second kappa shape index (κ2) is 7.80. The summed E-state index contributed by atoms with van der Waals surface area (Å²) in [4.78, 5) is 28.4. The van der Waals surface area contributed by atoms with E-state index in [4.69, 9.17) is 0 Å². The number of hydrogen-bond donors (Lipinski definition) is 2. The van der Waals surface area contributed by atoms with E-state index in [1.54, 1.807) is 23.7 Å². The number of carbonyl (C=O) groups is 2. The largest absolute Gasteiger partial charge is 0.326 e. The fraction of sp³-hybridized carbons (Fsp3) is 0.364. The Labute approximate surface area is 174 Å². The van der Waals surface area contributed by atoms with Crippen LogP contribution in [-0.4, -0.2) is 36.9 Å². The van der Waals surface area contributed by atoms with Crippen LogP contribution in [0.4, 0.5) is 15.8 Å². The molecular weight excluding hydrogens is 389 g/mol. The van der Waals surface area contributed by atoms with E-state index in [9.17, 15) is 14.0 Å². The molecule has 3 atom stereocenters. The van der Waals surface area contributed by atoms with Crippen LogP contribution in [0, 0.1) is 11.7 Å². The van der Waals surface area contributed by atoms with Crippen LogP contribution in [0.5, 0.6) is 0 Å². The summed E-state index contributed by atoms with van der Waals surface area (Å²) in [7, 11) is 1.75. The van der Waals surface area contributed by atoms with Gasteiger partial charge in [0, 0.05) is 30.0 Å². The minimum atomic E-state index is -1.07. The first-order valence-corrected chi connectivity index (χ1v) is 11.1. The van der Waals surface area contributed by atoms with Crippen molar-refractivity contribution in [3.63, 3.8) is 0 Å². The number of fused-ring (bicyclic) bond motifs is 2. The Kier molecular flexibility index (Phi) is 5.36. The zero-order valence-corrected chi connectivity index (χ0v) is 17.3. The van der Waals surface area contributed by atoms with Gasteiger partial charge in [0.25, 0.3) is 5.91 Å². The Bertz CT molecular complexity index is 936. The maximum absolute atomic E-state index is 13.4. The SMILES string of the molecule is CSCC[C@@H]1C[C@@H](C(=O)Nc2ccc(F)cc2)[C@@]2(N1)C(=O)N(C)c1ccccc12. The number of nitrogens with zero attached hydrogens (tertiary/aromatic N) is 1. The first-order valence-electron chi connectivity index (χ1n) is 9.68. The lowest BCUT2D eigenvalue weighted by molar-refractivity contribution is -0.131. The van der Waals surface area contributed by atoms with Crippen LogP contribution < -0.4 is 15.5 Å². The van der Waals surface area contributed by atoms with Crippen LogP contribution in [0.3, 0.4) is 0 Å². The lowest BCUT2D eigenvalue weighted by Gasteiger charge is -2.30. The first-order chi connectivity index (χ1) is 14.0. The number of likely N-dealkylation sites (N-methyl/N-ethyl adjacent to an activating group) is 1. The number of thioether (sulfide) groups is 1. The fourth-order valence-corrected chi connectivity index (χ4v) is 5.04. The highest BCUT2D eigenvalue weighted by molar-refractivity contribution is 7.98. The average Bonchev–Trinajstić information content (AvgIpc) is 3.22. The number of amides is 2. The number of nitrogens with one attached hydrogen (secondary N) is 2. The first kappa shape index (κ1) is 19.9. The van der Waals surface area contributed by atoms with Crippen molar-refractivity contribution in [3.05, 3.63) is 59.9 Å². The van der Waals surface area contributed by atoms with E-state index in [1.807, 2.05) is 30.5 Å². The van der Waals surface area contributed by atoms with Crippen LogP contribution >= 0.6 is 11.8 Å². The smallest absolute Gasteiger partial charge is 0.252 e. The maximum atomic E-state index is 13.4. The van der Waals surface area contributed by atoms with Gasteiger partial charge in [-0.05, 0) is 55.2 Å². The zero-order valence-electron chi connectivity index (χ0n) is 16.4. The number of anilines is 2. The summed E-state index contributed by atoms with van der Waals surface area (Å²) < 4.78 is 13.2. The third-order valence-electron chi connectivity index (χ3n) is 5.91. The molecule has 0 radical (unpaired) electrons. The van der Waals surface area contributed by atoms with Crippen LogP contribution in [0.1, 0.15) is 18.4 Å². The van der Waals surface area contributed by atoms with Crippen molar-refractivity contribution in [3.8, 4) is 0 Å². The van der Waals surface area contributed by atoms with Gasteiger partial charge in [-0.3, -0.25) is 14.9 Å². The van der Waals surface area contributed by atoms with Gasteiger partial charge in [-0.15, -0.1) is 0 Å². The molecule has 4 rings (SSSR count). The molecular formula is C22H24FN3O2S. The van der Waals surface area contributed by atoms with Gasteiger partial charge < -0.3 is 10.2 Å². The highest BCUT2D eigenvalue weighted by Gasteiger charge is 2.61. The molecule has 1 saturated heterocycles. The minimum absolute atomic E-state index is 0.0647. The molecule has 2 aromatic rings. The summed E-state index contributed by atoms with van der Waals surface area (Å²) >= 11 is 1.75. The van der Waals surface area contributed by atoms with E-state index in [2.05, 4.69) is 10.6 Å². The summed E-state index contributed by atoms with van der Waals surface area (Å²) in [6.07, 6.45) is 3.50. The molecule has 2 heterocycles. The van der Waals surface area contributed by atoms with Gasteiger partial charge in [0.1, 0.15) is 11.4 Å². The minimum Gasteiger partial charge on any atom is -0.326 e. The van der Waals surface area contributed by atoms with E-state index < -0.39 is 11.5 Å². The van der Waals surface area contributed by atoms with Crippen molar-refractivity contribution in [2.45, 2.75) is 24.4 Å². The standard InChI is InChI=1S/C22H24FN3O2S/c1-26-19-6-4-3-5-17(19)22(21(26)28)18(13-16(25-22)11-12-29-2)20(27)24-15-9-7-14(23)8-10-15/h3-10,16,18,25H,11-13H2,1-2H3,(H,24,27)/t16-,18+,22-/m1/s1. The molecule has 2 amide bonds. The molecule has 1 fully saturated rings. The van der Waals surface area contributed by atoms with Crippen LogP contribution in [-0.2, 0) is 15.1 Å². The number of halogens is 1. The Balaban J connectivity index is 1.71. The molecule has 7 heteroatoms. The highest BCUT2D eigenvalue weighted by Crippen LogP contribution is 2.49. The van der Waals surface area contributed by atoms with E-state index in [-0.39, 0.29) is 23.7 Å². The van der Waals surface area contributed by atoms with Crippen molar-refractivity contribution in [1.29, 1.82) is 0 Å². The number of hydrogen-bond acceptors (Lipinski definition) is 4. The number of rotatable bonds is 5. The van der Waals surface area contributed by atoms with Gasteiger partial charge in [-0.25, -0.2) is 4.39 Å². The summed E-state index contributed by atoms with van der Waals surface area (Å²) in [6, 6.07) is 13.4. The monoisotopic (exact) mass is 413 g/mol. The quantitative estimate of drug-likeness (QED) is 0.789. The number of benzene rings is 2. The molecule has 5 nitrogen and oxygen atoms in total. The fourth-order valence-electron chi connectivity index (χ4n) is 4.52. The van der Waals surface area contributed by atoms with E-state index >= 15 is 0 Å². The van der Waals surface area contributed by atoms with E-state index in [0.717, 1.165) is 23.4 Å². The summed E-state index contributed by atoms with van der Waals surface area (Å²) in [5.74, 6) is -0.302. The van der Waals surface area contributed by atoms with Gasteiger partial charge >= 0.3 is 0 Å². The Morgan fingerprint density at radius 3 is 2.72 bits per heavy atom. The van der Waals surface area contributed by atoms with Crippen molar-refractivity contribution in [2.75, 3.05) is 29.3 Å². The van der Waals surface area contributed by atoms with Gasteiger partial charge in [0.15, 0.2) is 0 Å². The van der Waals surface area contributed by atoms with Gasteiger partial charge in [-0.2, -0.15) is 11.8 Å². The molecule has 152 valence electrons. The lowest BCUT2D eigenvalue weighted by Crippen LogP contribution is -2.54. The van der Waals surface area contributed by atoms with E-state index in [0.29, 0.717) is 12.1 Å². The van der Waals surface area contributed by atoms with Crippen molar-refractivity contribution in [2.24, 2.45) is 5.92 Å². The average molecular weight is 414 g/mol. The normalized spacial score (nSPS) is 25.5. The molecule has 0 unspecified atom stereocenters. The Morgan fingerprint density at radius 2 is 2.00 bits per heavy atom. The zero-order chi connectivity index (χ0) is 20.6.